The van der Waals surface area contributed by atoms with Gasteiger partial charge in [-0.1, -0.05) is 23.7 Å². The standard InChI is InChI=1S/C15H21ClN2O4S/c1-4-18(15(20)11(2)23(3,21)22)10-14(19)17-9-12-5-7-13(16)8-6-12/h5-8,11H,4,9-10H2,1-3H3,(H,17,19). The number of halogens is 1. The van der Waals surface area contributed by atoms with E-state index in [4.69, 9.17) is 11.6 Å². The van der Waals surface area contributed by atoms with Crippen LogP contribution in [0.3, 0.4) is 0 Å². The Balaban J connectivity index is 2.59. The Kier molecular flexibility index (Phi) is 7.02. The molecular weight excluding hydrogens is 340 g/mol. The maximum atomic E-state index is 12.1. The van der Waals surface area contributed by atoms with Crippen molar-refractivity contribution >= 4 is 33.3 Å². The lowest BCUT2D eigenvalue weighted by Gasteiger charge is -2.23. The molecule has 0 aliphatic rings. The third-order valence-electron chi connectivity index (χ3n) is 3.42. The molecule has 0 aromatic heterocycles. The van der Waals surface area contributed by atoms with E-state index in [1.807, 2.05) is 0 Å². The molecule has 0 radical (unpaired) electrons. The Labute approximate surface area is 141 Å². The van der Waals surface area contributed by atoms with Gasteiger partial charge in [-0.2, -0.15) is 0 Å². The lowest BCUT2D eigenvalue weighted by Crippen LogP contribution is -2.46. The summed E-state index contributed by atoms with van der Waals surface area (Å²) in [6, 6.07) is 7.02. The summed E-state index contributed by atoms with van der Waals surface area (Å²) in [7, 11) is -3.49. The molecule has 1 atom stereocenters. The van der Waals surface area contributed by atoms with Crippen LogP contribution >= 0.6 is 11.6 Å². The Morgan fingerprint density at radius 2 is 1.83 bits per heavy atom. The average molecular weight is 361 g/mol. The molecule has 23 heavy (non-hydrogen) atoms. The van der Waals surface area contributed by atoms with Crippen molar-refractivity contribution in [2.75, 3.05) is 19.3 Å². The maximum absolute atomic E-state index is 12.1. The van der Waals surface area contributed by atoms with Crippen LogP contribution in [0.2, 0.25) is 5.02 Å². The molecule has 1 aromatic carbocycles. The summed E-state index contributed by atoms with van der Waals surface area (Å²) in [5.41, 5.74) is 0.877. The monoisotopic (exact) mass is 360 g/mol. The minimum atomic E-state index is -3.49. The van der Waals surface area contributed by atoms with Crippen LogP contribution < -0.4 is 5.32 Å². The Hall–Kier alpha value is -1.60. The van der Waals surface area contributed by atoms with Crippen LogP contribution in [-0.2, 0) is 26.0 Å². The highest BCUT2D eigenvalue weighted by atomic mass is 35.5. The second kappa shape index (κ2) is 8.31. The fourth-order valence-electron chi connectivity index (χ4n) is 1.82. The topological polar surface area (TPSA) is 83.6 Å². The first kappa shape index (κ1) is 19.4. The molecule has 128 valence electrons. The molecule has 1 rings (SSSR count). The van der Waals surface area contributed by atoms with E-state index < -0.39 is 21.0 Å². The van der Waals surface area contributed by atoms with Gasteiger partial charge in [-0.3, -0.25) is 9.59 Å². The number of carbonyl (C=O) groups excluding carboxylic acids is 2. The zero-order valence-corrected chi connectivity index (χ0v) is 14.9. The van der Waals surface area contributed by atoms with Crippen molar-refractivity contribution in [3.8, 4) is 0 Å². The number of nitrogens with one attached hydrogen (secondary N) is 1. The third kappa shape index (κ3) is 6.19. The smallest absolute Gasteiger partial charge is 0.241 e. The molecule has 0 saturated carbocycles. The van der Waals surface area contributed by atoms with Crippen molar-refractivity contribution < 1.29 is 18.0 Å². The van der Waals surface area contributed by atoms with Gasteiger partial charge in [0.2, 0.25) is 11.8 Å². The van der Waals surface area contributed by atoms with E-state index in [-0.39, 0.29) is 19.0 Å². The van der Waals surface area contributed by atoms with Gasteiger partial charge < -0.3 is 10.2 Å². The van der Waals surface area contributed by atoms with Crippen LogP contribution in [0.1, 0.15) is 19.4 Å². The lowest BCUT2D eigenvalue weighted by atomic mass is 10.2. The van der Waals surface area contributed by atoms with E-state index in [9.17, 15) is 18.0 Å². The van der Waals surface area contributed by atoms with Gasteiger partial charge in [-0.15, -0.1) is 0 Å². The summed E-state index contributed by atoms with van der Waals surface area (Å²) in [6.07, 6.45) is 1.00. The van der Waals surface area contributed by atoms with Gasteiger partial charge in [-0.25, -0.2) is 8.42 Å². The van der Waals surface area contributed by atoms with E-state index in [1.54, 1.807) is 31.2 Å². The first-order valence-corrected chi connectivity index (χ1v) is 9.47. The zero-order chi connectivity index (χ0) is 17.6. The van der Waals surface area contributed by atoms with E-state index >= 15 is 0 Å². The largest absolute Gasteiger partial charge is 0.350 e. The number of rotatable bonds is 7. The quantitative estimate of drug-likeness (QED) is 0.792. The first-order valence-electron chi connectivity index (χ1n) is 7.14. The van der Waals surface area contributed by atoms with Crippen molar-refractivity contribution in [2.24, 2.45) is 0 Å². The second-order valence-corrected chi connectivity index (χ2v) is 8.03. The average Bonchev–Trinajstić information content (AvgIpc) is 2.49. The third-order valence-corrected chi connectivity index (χ3v) is 5.16. The zero-order valence-electron chi connectivity index (χ0n) is 13.4. The molecule has 0 bridgehead atoms. The van der Waals surface area contributed by atoms with Crippen molar-refractivity contribution in [1.29, 1.82) is 0 Å². The van der Waals surface area contributed by atoms with Crippen LogP contribution in [0.25, 0.3) is 0 Å². The fourth-order valence-corrected chi connectivity index (χ4v) is 2.46. The van der Waals surface area contributed by atoms with Gasteiger partial charge >= 0.3 is 0 Å². The number of hydrogen-bond acceptors (Lipinski definition) is 4. The van der Waals surface area contributed by atoms with E-state index in [0.717, 1.165) is 11.8 Å². The summed E-state index contributed by atoms with van der Waals surface area (Å²) in [5, 5.41) is 2.14. The number of likely N-dealkylation sites (N-methyl/N-ethyl adjacent to an activating group) is 1. The number of carbonyl (C=O) groups is 2. The maximum Gasteiger partial charge on any atom is 0.241 e. The molecule has 6 nitrogen and oxygen atoms in total. The van der Waals surface area contributed by atoms with Crippen molar-refractivity contribution in [1.82, 2.24) is 10.2 Å². The fraction of sp³-hybridized carbons (Fsp3) is 0.467. The number of amides is 2. The van der Waals surface area contributed by atoms with Crippen molar-refractivity contribution in [3.05, 3.63) is 34.9 Å². The number of hydrogen-bond donors (Lipinski definition) is 1. The van der Waals surface area contributed by atoms with Gasteiger partial charge in [-0.05, 0) is 31.5 Å². The highest BCUT2D eigenvalue weighted by Gasteiger charge is 2.28. The van der Waals surface area contributed by atoms with Gasteiger partial charge in [0.05, 0.1) is 6.54 Å². The summed E-state index contributed by atoms with van der Waals surface area (Å²) >= 11 is 5.78. The molecule has 0 fully saturated rings. The predicted molar refractivity (Wildman–Crippen MR) is 89.9 cm³/mol. The molecule has 0 heterocycles. The minimum absolute atomic E-state index is 0.178. The molecule has 0 aliphatic carbocycles. The number of nitrogens with zero attached hydrogens (tertiary/aromatic N) is 1. The van der Waals surface area contributed by atoms with Crippen LogP contribution in [-0.4, -0.2) is 49.7 Å². The molecule has 0 aliphatic heterocycles. The van der Waals surface area contributed by atoms with E-state index in [1.165, 1.54) is 11.8 Å². The summed E-state index contributed by atoms with van der Waals surface area (Å²) in [5.74, 6) is -0.924. The number of benzene rings is 1. The molecule has 1 N–H and O–H groups in total. The molecule has 1 aromatic rings. The minimum Gasteiger partial charge on any atom is -0.350 e. The highest BCUT2D eigenvalue weighted by Crippen LogP contribution is 2.09. The van der Waals surface area contributed by atoms with Crippen LogP contribution in [0, 0.1) is 0 Å². The molecule has 0 spiro atoms. The molecule has 8 heteroatoms. The summed E-state index contributed by atoms with van der Waals surface area (Å²) < 4.78 is 22.9. The van der Waals surface area contributed by atoms with E-state index in [0.29, 0.717) is 11.6 Å². The molecular formula is C15H21ClN2O4S. The van der Waals surface area contributed by atoms with Crippen molar-refractivity contribution in [2.45, 2.75) is 25.6 Å². The van der Waals surface area contributed by atoms with E-state index in [2.05, 4.69) is 5.32 Å². The molecule has 0 saturated heterocycles. The SMILES string of the molecule is CCN(CC(=O)NCc1ccc(Cl)cc1)C(=O)C(C)S(C)(=O)=O. The van der Waals surface area contributed by atoms with Gasteiger partial charge in [0.15, 0.2) is 9.84 Å². The van der Waals surface area contributed by atoms with Crippen LogP contribution in [0.15, 0.2) is 24.3 Å². The second-order valence-electron chi connectivity index (χ2n) is 5.23. The lowest BCUT2D eigenvalue weighted by molar-refractivity contribution is -0.135. The summed E-state index contributed by atoms with van der Waals surface area (Å²) in [4.78, 5) is 25.3. The van der Waals surface area contributed by atoms with Crippen LogP contribution in [0.4, 0.5) is 0 Å². The van der Waals surface area contributed by atoms with Crippen LogP contribution in [0.5, 0.6) is 0 Å². The molecule has 2 amide bonds. The Bertz CT molecular complexity index is 659. The van der Waals surface area contributed by atoms with Gasteiger partial charge in [0.1, 0.15) is 5.25 Å². The Morgan fingerprint density at radius 3 is 2.30 bits per heavy atom. The highest BCUT2D eigenvalue weighted by molar-refractivity contribution is 7.92. The normalized spacial score (nSPS) is 12.5. The van der Waals surface area contributed by atoms with Gasteiger partial charge in [0, 0.05) is 24.4 Å². The van der Waals surface area contributed by atoms with Gasteiger partial charge in [0.25, 0.3) is 0 Å². The first-order chi connectivity index (χ1) is 10.6. The van der Waals surface area contributed by atoms with Crippen molar-refractivity contribution in [3.63, 3.8) is 0 Å². The summed E-state index contributed by atoms with van der Waals surface area (Å²) in [6.45, 7) is 3.41. The Morgan fingerprint density at radius 1 is 1.26 bits per heavy atom. The number of sulfone groups is 1. The molecule has 1 unspecified atom stereocenters. The predicted octanol–water partition coefficient (Wildman–Crippen LogP) is 1.24.